The molecule has 1 N–H and O–H groups in total. The number of likely N-dealkylation sites (tertiary alicyclic amines) is 1. The number of benzene rings is 2. The molecule has 164 valence electrons. The molecule has 2 heterocycles. The number of Topliss-reactive ketones (excluding diaryl/α,β-unsaturated/α-hetero) is 1. The van der Waals surface area contributed by atoms with Crippen molar-refractivity contribution >= 4 is 17.4 Å². The molecule has 7 nitrogen and oxygen atoms in total. The van der Waals surface area contributed by atoms with Crippen molar-refractivity contribution < 1.29 is 23.8 Å². The van der Waals surface area contributed by atoms with Crippen molar-refractivity contribution in [2.24, 2.45) is 0 Å². The van der Waals surface area contributed by atoms with Crippen molar-refractivity contribution in [3.63, 3.8) is 0 Å². The molecule has 1 aromatic heterocycles. The van der Waals surface area contributed by atoms with Crippen LogP contribution < -0.4 is 4.74 Å². The van der Waals surface area contributed by atoms with Crippen molar-refractivity contribution in [1.29, 1.82) is 0 Å². The highest BCUT2D eigenvalue weighted by molar-refractivity contribution is 6.46. The lowest BCUT2D eigenvalue weighted by atomic mass is 9.95. The van der Waals surface area contributed by atoms with Crippen LogP contribution in [-0.2, 0) is 16.1 Å². The second-order valence-electron chi connectivity index (χ2n) is 7.43. The summed E-state index contributed by atoms with van der Waals surface area (Å²) >= 11 is 0. The van der Waals surface area contributed by atoms with Crippen molar-refractivity contribution in [1.82, 2.24) is 14.5 Å². The van der Waals surface area contributed by atoms with E-state index < -0.39 is 23.5 Å². The van der Waals surface area contributed by atoms with E-state index in [-0.39, 0.29) is 17.9 Å². The summed E-state index contributed by atoms with van der Waals surface area (Å²) in [5.41, 5.74) is 0.864. The van der Waals surface area contributed by atoms with Gasteiger partial charge in [-0.2, -0.15) is 0 Å². The summed E-state index contributed by atoms with van der Waals surface area (Å²) in [5.74, 6) is -1.70. The lowest BCUT2D eigenvalue weighted by Gasteiger charge is -2.25. The minimum Gasteiger partial charge on any atom is -0.507 e. The normalized spacial score (nSPS) is 17.7. The first-order valence-corrected chi connectivity index (χ1v) is 10.1. The number of hydrogen-bond acceptors (Lipinski definition) is 5. The van der Waals surface area contributed by atoms with E-state index in [1.54, 1.807) is 36.8 Å². The molecule has 3 aromatic rings. The molecule has 1 aliphatic heterocycles. The molecule has 1 saturated heterocycles. The lowest BCUT2D eigenvalue weighted by molar-refractivity contribution is -0.139. The van der Waals surface area contributed by atoms with Crippen LogP contribution in [0.2, 0.25) is 0 Å². The van der Waals surface area contributed by atoms with Crippen LogP contribution >= 0.6 is 0 Å². The number of halogens is 1. The summed E-state index contributed by atoms with van der Waals surface area (Å²) < 4.78 is 20.6. The largest absolute Gasteiger partial charge is 0.507 e. The second-order valence-corrected chi connectivity index (χ2v) is 7.43. The molecule has 1 fully saturated rings. The minimum absolute atomic E-state index is 0.0301. The Kier molecular flexibility index (Phi) is 6.02. The van der Waals surface area contributed by atoms with E-state index in [1.807, 2.05) is 10.8 Å². The van der Waals surface area contributed by atoms with Gasteiger partial charge >= 0.3 is 0 Å². The number of nitrogens with zero attached hydrogens (tertiary/aromatic N) is 3. The van der Waals surface area contributed by atoms with Gasteiger partial charge in [0.25, 0.3) is 11.7 Å². The zero-order valence-corrected chi connectivity index (χ0v) is 17.4. The maximum Gasteiger partial charge on any atom is 0.295 e. The lowest BCUT2D eigenvalue weighted by Crippen LogP contribution is -2.31. The van der Waals surface area contributed by atoms with Gasteiger partial charge in [0.2, 0.25) is 0 Å². The van der Waals surface area contributed by atoms with Crippen molar-refractivity contribution in [3.8, 4) is 5.75 Å². The first-order valence-electron chi connectivity index (χ1n) is 10.1. The second kappa shape index (κ2) is 9.05. The van der Waals surface area contributed by atoms with Crippen LogP contribution in [0.15, 0.2) is 72.8 Å². The average Bonchev–Trinajstić information content (AvgIpc) is 3.41. The number of amides is 1. The Balaban J connectivity index is 1.73. The van der Waals surface area contributed by atoms with Crippen molar-refractivity contribution in [3.05, 3.63) is 89.8 Å². The quantitative estimate of drug-likeness (QED) is 0.349. The van der Waals surface area contributed by atoms with E-state index in [1.165, 1.54) is 36.3 Å². The summed E-state index contributed by atoms with van der Waals surface area (Å²) in [5, 5.41) is 11.0. The molecule has 8 heteroatoms. The summed E-state index contributed by atoms with van der Waals surface area (Å²) in [6, 6.07) is 11.4. The van der Waals surface area contributed by atoms with Crippen LogP contribution in [0.25, 0.3) is 5.76 Å². The number of aliphatic hydroxyl groups is 1. The number of carbonyl (C=O) groups is 2. The number of hydrogen-bond donors (Lipinski definition) is 1. The van der Waals surface area contributed by atoms with Gasteiger partial charge in [0.05, 0.1) is 25.1 Å². The van der Waals surface area contributed by atoms with E-state index in [9.17, 15) is 19.1 Å². The monoisotopic (exact) mass is 435 g/mol. The Hall–Kier alpha value is -3.94. The zero-order chi connectivity index (χ0) is 22.7. The van der Waals surface area contributed by atoms with E-state index >= 15 is 0 Å². The predicted molar refractivity (Wildman–Crippen MR) is 115 cm³/mol. The number of aromatic nitrogens is 2. The third kappa shape index (κ3) is 4.12. The number of rotatable bonds is 7. The maximum absolute atomic E-state index is 13.6. The Morgan fingerprint density at radius 3 is 2.62 bits per heavy atom. The van der Waals surface area contributed by atoms with Gasteiger partial charge in [0.1, 0.15) is 17.3 Å². The molecule has 1 aliphatic rings. The van der Waals surface area contributed by atoms with Gasteiger partial charge in [0, 0.05) is 31.0 Å². The predicted octanol–water partition coefficient (Wildman–Crippen LogP) is 3.54. The molecule has 0 unspecified atom stereocenters. The number of carbonyl (C=O) groups excluding carboxylic acids is 2. The molecule has 1 amide bonds. The van der Waals surface area contributed by atoms with Gasteiger partial charge in [-0.1, -0.05) is 24.3 Å². The van der Waals surface area contributed by atoms with Crippen LogP contribution in [-0.4, -0.2) is 44.9 Å². The molecular formula is C24H22FN3O4. The van der Waals surface area contributed by atoms with Crippen LogP contribution in [0.4, 0.5) is 4.39 Å². The Labute approximate surface area is 184 Å². The van der Waals surface area contributed by atoms with E-state index in [0.717, 1.165) is 0 Å². The Morgan fingerprint density at radius 1 is 1.16 bits per heavy atom. The maximum atomic E-state index is 13.6. The van der Waals surface area contributed by atoms with E-state index in [2.05, 4.69) is 4.98 Å². The first-order chi connectivity index (χ1) is 15.5. The van der Waals surface area contributed by atoms with Crippen molar-refractivity contribution in [2.75, 3.05) is 13.7 Å². The molecule has 0 radical (unpaired) electrons. The van der Waals surface area contributed by atoms with E-state index in [4.69, 9.17) is 4.74 Å². The third-order valence-corrected chi connectivity index (χ3v) is 5.44. The molecule has 4 rings (SSSR count). The number of ketones is 1. The number of aryl methyl sites for hydroxylation is 1. The average molecular weight is 435 g/mol. The molecule has 0 saturated carbocycles. The molecule has 0 aliphatic carbocycles. The Morgan fingerprint density at radius 2 is 1.94 bits per heavy atom. The van der Waals surface area contributed by atoms with Gasteiger partial charge in [-0.25, -0.2) is 9.37 Å². The zero-order valence-electron chi connectivity index (χ0n) is 17.4. The fourth-order valence-corrected chi connectivity index (χ4v) is 3.87. The summed E-state index contributed by atoms with van der Waals surface area (Å²) in [7, 11) is 1.50. The number of ether oxygens (including phenoxy) is 1. The van der Waals surface area contributed by atoms with Gasteiger partial charge in [0.15, 0.2) is 0 Å². The van der Waals surface area contributed by atoms with Crippen LogP contribution in [0.5, 0.6) is 5.75 Å². The van der Waals surface area contributed by atoms with Gasteiger partial charge in [-0.05, 0) is 36.2 Å². The van der Waals surface area contributed by atoms with Crippen LogP contribution in [0.1, 0.15) is 23.6 Å². The third-order valence-electron chi connectivity index (χ3n) is 5.44. The standard InChI is InChI=1S/C24H22FN3O4/c1-32-19-5-2-4-17(14-19)22(29)20-21(16-6-8-18(25)9-7-16)28(24(31)23(20)30)12-3-11-27-13-10-26-15-27/h2,4-10,13-15,21,29H,3,11-12H2,1H3/t21-/m0/s1. The summed E-state index contributed by atoms with van der Waals surface area (Å²) in [6.45, 7) is 0.884. The topological polar surface area (TPSA) is 84.7 Å². The summed E-state index contributed by atoms with van der Waals surface area (Å²) in [4.78, 5) is 31.4. The van der Waals surface area contributed by atoms with Gasteiger partial charge in [-0.15, -0.1) is 0 Å². The molecule has 1 atom stereocenters. The molecule has 0 bridgehead atoms. The Bertz CT molecular complexity index is 1160. The smallest absolute Gasteiger partial charge is 0.295 e. The van der Waals surface area contributed by atoms with Crippen LogP contribution in [0.3, 0.4) is 0 Å². The van der Waals surface area contributed by atoms with Gasteiger partial charge in [-0.3, -0.25) is 9.59 Å². The molecular weight excluding hydrogens is 413 g/mol. The molecule has 32 heavy (non-hydrogen) atoms. The number of imidazole rings is 1. The SMILES string of the molecule is COc1cccc(C(O)=C2C(=O)C(=O)N(CCCn3ccnc3)[C@H]2c2ccc(F)cc2)c1. The fourth-order valence-electron chi connectivity index (χ4n) is 3.87. The highest BCUT2D eigenvalue weighted by Crippen LogP contribution is 2.39. The first kappa shape index (κ1) is 21.3. The highest BCUT2D eigenvalue weighted by Gasteiger charge is 2.45. The summed E-state index contributed by atoms with van der Waals surface area (Å²) in [6.07, 6.45) is 5.72. The van der Waals surface area contributed by atoms with E-state index in [0.29, 0.717) is 29.8 Å². The fraction of sp³-hybridized carbons (Fsp3) is 0.208. The minimum atomic E-state index is -0.829. The molecule has 2 aromatic carbocycles. The highest BCUT2D eigenvalue weighted by atomic mass is 19.1. The van der Waals surface area contributed by atoms with Gasteiger partial charge < -0.3 is 19.3 Å². The number of methoxy groups -OCH3 is 1. The van der Waals surface area contributed by atoms with Crippen LogP contribution in [0, 0.1) is 5.82 Å². The number of aliphatic hydroxyl groups excluding tert-OH is 1. The molecule has 0 spiro atoms. The van der Waals surface area contributed by atoms with Crippen molar-refractivity contribution in [2.45, 2.75) is 19.0 Å².